The molecular weight excluding hydrogens is 242 g/mol. The van der Waals surface area contributed by atoms with Crippen LogP contribution in [0, 0.1) is 5.92 Å². The lowest BCUT2D eigenvalue weighted by atomic mass is 10.0. The van der Waals surface area contributed by atoms with E-state index in [1.807, 2.05) is 0 Å². The van der Waals surface area contributed by atoms with Crippen LogP contribution in [0.25, 0.3) is 0 Å². The van der Waals surface area contributed by atoms with E-state index in [2.05, 4.69) is 9.97 Å². The third kappa shape index (κ3) is 4.46. The van der Waals surface area contributed by atoms with Crippen molar-refractivity contribution in [1.29, 1.82) is 0 Å². The van der Waals surface area contributed by atoms with Gasteiger partial charge in [-0.25, -0.2) is 4.98 Å². The molecule has 1 saturated heterocycles. The third-order valence-electron chi connectivity index (χ3n) is 2.69. The van der Waals surface area contributed by atoms with Crippen LogP contribution in [0.15, 0.2) is 12.3 Å². The Balaban J connectivity index is 0.00000144. The number of aromatic nitrogens is 2. The molecule has 0 bridgehead atoms. The average molecular weight is 260 g/mol. The molecule has 0 unspecified atom stereocenters. The molecule has 1 aliphatic rings. The molecule has 1 aliphatic heterocycles. The Hall–Kier alpha value is -0.910. The molecule has 2 rings (SSSR count). The van der Waals surface area contributed by atoms with Crippen LogP contribution in [0.2, 0.25) is 0 Å². The van der Waals surface area contributed by atoms with E-state index in [-0.39, 0.29) is 12.4 Å². The largest absolute Gasteiger partial charge is 0.463 e. The molecule has 0 spiro atoms. The predicted octanol–water partition coefficient (Wildman–Crippen LogP) is 1.16. The van der Waals surface area contributed by atoms with Gasteiger partial charge in [0.1, 0.15) is 0 Å². The van der Waals surface area contributed by atoms with Crippen molar-refractivity contribution < 1.29 is 9.47 Å². The predicted molar refractivity (Wildman–Crippen MR) is 66.2 cm³/mol. The Morgan fingerprint density at radius 2 is 2.18 bits per heavy atom. The fourth-order valence-electron chi connectivity index (χ4n) is 1.66. The van der Waals surface area contributed by atoms with Gasteiger partial charge in [0.05, 0.1) is 12.3 Å². The molecule has 0 saturated carbocycles. The summed E-state index contributed by atoms with van der Waals surface area (Å²) in [4.78, 5) is 8.24. The summed E-state index contributed by atoms with van der Waals surface area (Å²) in [5.74, 6) is 0.555. The Kier molecular flexibility index (Phi) is 6.18. The van der Waals surface area contributed by atoms with Crippen molar-refractivity contribution >= 4 is 12.4 Å². The summed E-state index contributed by atoms with van der Waals surface area (Å²) in [6.45, 7) is 2.74. The summed E-state index contributed by atoms with van der Waals surface area (Å²) in [5.41, 5.74) is 6.30. The van der Waals surface area contributed by atoms with E-state index >= 15 is 0 Å². The van der Waals surface area contributed by atoms with Gasteiger partial charge < -0.3 is 15.2 Å². The van der Waals surface area contributed by atoms with Crippen LogP contribution in [0.4, 0.5) is 0 Å². The number of hydrogen-bond donors (Lipinski definition) is 1. The molecule has 17 heavy (non-hydrogen) atoms. The third-order valence-corrected chi connectivity index (χ3v) is 2.69. The Bertz CT molecular complexity index is 332. The maximum absolute atomic E-state index is 5.55. The molecule has 1 aromatic heterocycles. The van der Waals surface area contributed by atoms with Crippen molar-refractivity contribution in [3.63, 3.8) is 0 Å². The Morgan fingerprint density at radius 1 is 1.41 bits per heavy atom. The second-order valence-electron chi connectivity index (χ2n) is 3.90. The van der Waals surface area contributed by atoms with Crippen LogP contribution in [-0.2, 0) is 11.3 Å². The molecule has 96 valence electrons. The number of nitrogens with two attached hydrogens (primary N) is 1. The molecule has 0 aliphatic carbocycles. The van der Waals surface area contributed by atoms with Crippen molar-refractivity contribution in [3.8, 4) is 6.01 Å². The van der Waals surface area contributed by atoms with Gasteiger partial charge in [0, 0.05) is 26.0 Å². The first-order valence-electron chi connectivity index (χ1n) is 5.61. The zero-order valence-corrected chi connectivity index (χ0v) is 10.5. The molecule has 2 heterocycles. The van der Waals surface area contributed by atoms with Gasteiger partial charge in [0.2, 0.25) is 0 Å². The highest BCUT2D eigenvalue weighted by atomic mass is 35.5. The Morgan fingerprint density at radius 3 is 2.88 bits per heavy atom. The van der Waals surface area contributed by atoms with Crippen LogP contribution >= 0.6 is 12.4 Å². The van der Waals surface area contributed by atoms with Crippen molar-refractivity contribution in [2.24, 2.45) is 11.7 Å². The minimum absolute atomic E-state index is 0. The van der Waals surface area contributed by atoms with Gasteiger partial charge in [0.25, 0.3) is 0 Å². The summed E-state index contributed by atoms with van der Waals surface area (Å²) in [5, 5.41) is 0. The minimum atomic E-state index is 0. The standard InChI is InChI=1S/C11H17N3O2.ClH/c12-7-10-1-4-13-11(14-10)16-8-9-2-5-15-6-3-9;/h1,4,9H,2-3,5-8,12H2;1H. The number of halogens is 1. The number of hydrogen-bond acceptors (Lipinski definition) is 5. The second-order valence-corrected chi connectivity index (χ2v) is 3.90. The minimum Gasteiger partial charge on any atom is -0.463 e. The van der Waals surface area contributed by atoms with E-state index < -0.39 is 0 Å². The highest BCUT2D eigenvalue weighted by molar-refractivity contribution is 5.85. The number of nitrogens with zero attached hydrogens (tertiary/aromatic N) is 2. The van der Waals surface area contributed by atoms with Crippen molar-refractivity contribution in [2.45, 2.75) is 19.4 Å². The van der Waals surface area contributed by atoms with Crippen LogP contribution < -0.4 is 10.5 Å². The summed E-state index contributed by atoms with van der Waals surface area (Å²) in [6, 6.07) is 2.22. The van der Waals surface area contributed by atoms with E-state index in [4.69, 9.17) is 15.2 Å². The maximum Gasteiger partial charge on any atom is 0.316 e. The highest BCUT2D eigenvalue weighted by Crippen LogP contribution is 2.15. The van der Waals surface area contributed by atoms with Gasteiger partial charge >= 0.3 is 6.01 Å². The first-order chi connectivity index (χ1) is 7.88. The van der Waals surface area contributed by atoms with Crippen LogP contribution in [0.5, 0.6) is 6.01 Å². The summed E-state index contributed by atoms with van der Waals surface area (Å²) in [6.07, 6.45) is 3.78. The second kappa shape index (κ2) is 7.42. The smallest absolute Gasteiger partial charge is 0.316 e. The topological polar surface area (TPSA) is 70.3 Å². The van der Waals surface area contributed by atoms with Crippen LogP contribution in [-0.4, -0.2) is 29.8 Å². The fourth-order valence-corrected chi connectivity index (χ4v) is 1.66. The first kappa shape index (κ1) is 14.2. The Labute approximate surface area is 107 Å². The quantitative estimate of drug-likeness (QED) is 0.879. The van der Waals surface area contributed by atoms with E-state index in [0.717, 1.165) is 31.7 Å². The van der Waals surface area contributed by atoms with Crippen molar-refractivity contribution in [1.82, 2.24) is 9.97 Å². The molecule has 0 amide bonds. The zero-order chi connectivity index (χ0) is 11.2. The van der Waals surface area contributed by atoms with Gasteiger partial charge in [-0.15, -0.1) is 12.4 Å². The van der Waals surface area contributed by atoms with Crippen LogP contribution in [0.1, 0.15) is 18.5 Å². The molecule has 1 aromatic rings. The van der Waals surface area contributed by atoms with Gasteiger partial charge in [-0.05, 0) is 24.8 Å². The SMILES string of the molecule is Cl.NCc1ccnc(OCC2CCOCC2)n1. The van der Waals surface area contributed by atoms with E-state index in [1.165, 1.54) is 0 Å². The van der Waals surface area contributed by atoms with Gasteiger partial charge in [-0.3, -0.25) is 0 Å². The number of rotatable bonds is 4. The normalized spacial score (nSPS) is 16.3. The number of ether oxygens (including phenoxy) is 2. The monoisotopic (exact) mass is 259 g/mol. The molecule has 2 N–H and O–H groups in total. The lowest BCUT2D eigenvalue weighted by Gasteiger charge is -2.21. The fraction of sp³-hybridized carbons (Fsp3) is 0.636. The first-order valence-corrected chi connectivity index (χ1v) is 5.61. The van der Waals surface area contributed by atoms with Crippen LogP contribution in [0.3, 0.4) is 0 Å². The van der Waals surface area contributed by atoms with E-state index in [1.54, 1.807) is 12.3 Å². The summed E-state index contributed by atoms with van der Waals surface area (Å²) in [7, 11) is 0. The van der Waals surface area contributed by atoms with Crippen molar-refractivity contribution in [2.75, 3.05) is 19.8 Å². The molecule has 6 heteroatoms. The zero-order valence-electron chi connectivity index (χ0n) is 9.67. The lowest BCUT2D eigenvalue weighted by molar-refractivity contribution is 0.0482. The maximum atomic E-state index is 5.55. The van der Waals surface area contributed by atoms with Gasteiger partial charge in [-0.2, -0.15) is 4.98 Å². The van der Waals surface area contributed by atoms with E-state index in [9.17, 15) is 0 Å². The van der Waals surface area contributed by atoms with Gasteiger partial charge in [-0.1, -0.05) is 0 Å². The van der Waals surface area contributed by atoms with Gasteiger partial charge in [0.15, 0.2) is 0 Å². The molecule has 0 radical (unpaired) electrons. The molecule has 5 nitrogen and oxygen atoms in total. The molecular formula is C11H18ClN3O2. The summed E-state index contributed by atoms with van der Waals surface area (Å²) < 4.78 is 10.8. The molecule has 0 aromatic carbocycles. The molecule has 0 atom stereocenters. The lowest BCUT2D eigenvalue weighted by Crippen LogP contribution is -2.22. The van der Waals surface area contributed by atoms with Crippen molar-refractivity contribution in [3.05, 3.63) is 18.0 Å². The molecule has 1 fully saturated rings. The highest BCUT2D eigenvalue weighted by Gasteiger charge is 2.14. The van der Waals surface area contributed by atoms with E-state index in [0.29, 0.717) is 25.1 Å². The average Bonchev–Trinajstić information content (AvgIpc) is 2.38. The summed E-state index contributed by atoms with van der Waals surface area (Å²) >= 11 is 0.